The van der Waals surface area contributed by atoms with Gasteiger partial charge in [0.25, 0.3) is 0 Å². The molecule has 0 spiro atoms. The van der Waals surface area contributed by atoms with Crippen LogP contribution < -0.4 is 4.74 Å². The Kier molecular flexibility index (Phi) is 3.17. The molecular weight excluding hydrogens is 229 g/mol. The molecule has 0 atom stereocenters. The number of nitrogens with zero attached hydrogens (tertiary/aromatic N) is 1. The molecule has 0 amide bonds. The highest BCUT2D eigenvalue weighted by molar-refractivity contribution is 7.15. The number of aliphatic hydroxyl groups excluding tert-OH is 1. The molecule has 16 heavy (non-hydrogen) atoms. The van der Waals surface area contributed by atoms with Gasteiger partial charge in [-0.15, -0.1) is 11.3 Å². The van der Waals surface area contributed by atoms with Gasteiger partial charge in [-0.2, -0.15) is 0 Å². The lowest BCUT2D eigenvalue weighted by Gasteiger charge is -2.06. The van der Waals surface area contributed by atoms with E-state index in [0.29, 0.717) is 21.2 Å². The third-order valence-electron chi connectivity index (χ3n) is 2.12. The number of rotatable bonds is 3. The first-order valence-corrected chi connectivity index (χ1v) is 5.46. The molecule has 0 radical (unpaired) electrons. The molecule has 5 heteroatoms. The van der Waals surface area contributed by atoms with Crippen molar-refractivity contribution >= 4 is 11.3 Å². The molecule has 1 aromatic carbocycles. The zero-order chi connectivity index (χ0) is 11.5. The summed E-state index contributed by atoms with van der Waals surface area (Å²) in [5.74, 6) is 0.0667. The van der Waals surface area contributed by atoms with Crippen LogP contribution in [-0.2, 0) is 6.61 Å². The van der Waals surface area contributed by atoms with Crippen LogP contribution in [0.15, 0.2) is 24.4 Å². The van der Waals surface area contributed by atoms with E-state index in [0.717, 1.165) is 0 Å². The van der Waals surface area contributed by atoms with Crippen molar-refractivity contribution in [2.45, 2.75) is 6.61 Å². The van der Waals surface area contributed by atoms with Gasteiger partial charge in [-0.05, 0) is 12.1 Å². The quantitative estimate of drug-likeness (QED) is 0.894. The van der Waals surface area contributed by atoms with Gasteiger partial charge in [0.2, 0.25) is 0 Å². The van der Waals surface area contributed by atoms with E-state index in [4.69, 9.17) is 9.84 Å². The smallest absolute Gasteiger partial charge is 0.137 e. The third kappa shape index (κ3) is 1.91. The lowest BCUT2D eigenvalue weighted by Crippen LogP contribution is -1.90. The van der Waals surface area contributed by atoms with Crippen molar-refractivity contribution in [1.29, 1.82) is 0 Å². The molecule has 0 aliphatic carbocycles. The molecule has 0 bridgehead atoms. The molecule has 0 aliphatic rings. The Bertz CT molecular complexity index is 498. The fraction of sp³-hybridized carbons (Fsp3) is 0.182. The van der Waals surface area contributed by atoms with Crippen molar-refractivity contribution in [2.75, 3.05) is 7.11 Å². The fourth-order valence-electron chi connectivity index (χ4n) is 1.38. The summed E-state index contributed by atoms with van der Waals surface area (Å²) in [6.45, 7) is -0.0889. The number of hydrogen-bond donors (Lipinski definition) is 1. The maximum absolute atomic E-state index is 13.7. The van der Waals surface area contributed by atoms with Gasteiger partial charge in [-0.1, -0.05) is 6.07 Å². The molecule has 2 rings (SSSR count). The Morgan fingerprint density at radius 1 is 1.50 bits per heavy atom. The van der Waals surface area contributed by atoms with Crippen LogP contribution in [0.1, 0.15) is 4.88 Å². The number of aromatic nitrogens is 1. The molecule has 0 saturated heterocycles. The summed E-state index contributed by atoms with van der Waals surface area (Å²) in [6, 6.07) is 4.62. The van der Waals surface area contributed by atoms with Crippen molar-refractivity contribution < 1.29 is 14.2 Å². The van der Waals surface area contributed by atoms with Crippen LogP contribution >= 0.6 is 11.3 Å². The minimum absolute atomic E-state index is 0.0889. The summed E-state index contributed by atoms with van der Waals surface area (Å²) in [5.41, 5.74) is 0.342. The zero-order valence-corrected chi connectivity index (χ0v) is 9.42. The molecule has 0 unspecified atom stereocenters. The first kappa shape index (κ1) is 11.0. The van der Waals surface area contributed by atoms with E-state index in [1.54, 1.807) is 12.1 Å². The van der Waals surface area contributed by atoms with Crippen LogP contribution in [0.2, 0.25) is 0 Å². The van der Waals surface area contributed by atoms with Crippen LogP contribution in [0.3, 0.4) is 0 Å². The Hall–Kier alpha value is -1.46. The first-order chi connectivity index (χ1) is 7.76. The lowest BCUT2D eigenvalue weighted by molar-refractivity contribution is 0.285. The maximum Gasteiger partial charge on any atom is 0.137 e. The normalized spacial score (nSPS) is 10.4. The fourth-order valence-corrected chi connectivity index (χ4v) is 2.20. The van der Waals surface area contributed by atoms with Gasteiger partial charge < -0.3 is 9.84 Å². The van der Waals surface area contributed by atoms with Crippen molar-refractivity contribution in [3.05, 3.63) is 35.1 Å². The van der Waals surface area contributed by atoms with E-state index in [1.165, 1.54) is 30.7 Å². The molecule has 2 aromatic rings. The van der Waals surface area contributed by atoms with Crippen molar-refractivity contribution in [3.63, 3.8) is 0 Å². The zero-order valence-electron chi connectivity index (χ0n) is 8.61. The number of methoxy groups -OCH3 is 1. The Labute approximate surface area is 96.2 Å². The van der Waals surface area contributed by atoms with Crippen molar-refractivity contribution in [1.82, 2.24) is 4.98 Å². The molecule has 0 aliphatic heterocycles. The molecule has 3 nitrogen and oxygen atoms in total. The molecule has 1 N–H and O–H groups in total. The number of ether oxygens (including phenoxy) is 1. The van der Waals surface area contributed by atoms with Gasteiger partial charge in [0.15, 0.2) is 0 Å². The number of benzene rings is 1. The lowest BCUT2D eigenvalue weighted by atomic mass is 10.2. The monoisotopic (exact) mass is 239 g/mol. The second kappa shape index (κ2) is 4.59. The van der Waals surface area contributed by atoms with Crippen molar-refractivity contribution in [3.8, 4) is 16.3 Å². The summed E-state index contributed by atoms with van der Waals surface area (Å²) in [6.07, 6.45) is 1.53. The topological polar surface area (TPSA) is 42.4 Å². The summed E-state index contributed by atoms with van der Waals surface area (Å²) >= 11 is 1.25. The molecule has 84 valence electrons. The summed E-state index contributed by atoms with van der Waals surface area (Å²) in [5, 5.41) is 9.45. The summed E-state index contributed by atoms with van der Waals surface area (Å²) < 4.78 is 18.7. The predicted molar refractivity (Wildman–Crippen MR) is 60.0 cm³/mol. The van der Waals surface area contributed by atoms with E-state index >= 15 is 0 Å². The van der Waals surface area contributed by atoms with Crippen LogP contribution in [0.25, 0.3) is 10.6 Å². The average Bonchev–Trinajstić information content (AvgIpc) is 2.76. The van der Waals surface area contributed by atoms with E-state index in [-0.39, 0.29) is 12.4 Å². The minimum atomic E-state index is -0.377. The standard InChI is InChI=1S/C11H10FNO2S/c1-15-9-4-2-3-8(12)10(9)11-13-5-7(6-14)16-11/h2-5,14H,6H2,1H3. The molecule has 0 saturated carbocycles. The Morgan fingerprint density at radius 2 is 2.31 bits per heavy atom. The highest BCUT2D eigenvalue weighted by atomic mass is 32.1. The largest absolute Gasteiger partial charge is 0.496 e. The number of aliphatic hydroxyl groups is 1. The van der Waals surface area contributed by atoms with Crippen LogP contribution in [-0.4, -0.2) is 17.2 Å². The maximum atomic E-state index is 13.7. The number of thiazole rings is 1. The Balaban J connectivity index is 2.53. The molecule has 0 fully saturated rings. The van der Waals surface area contributed by atoms with Gasteiger partial charge in [-0.25, -0.2) is 9.37 Å². The SMILES string of the molecule is COc1cccc(F)c1-c1ncc(CO)s1. The van der Waals surface area contributed by atoms with E-state index in [2.05, 4.69) is 4.98 Å². The molecular formula is C11H10FNO2S. The summed E-state index contributed by atoms with van der Waals surface area (Å²) in [7, 11) is 1.48. The predicted octanol–water partition coefficient (Wildman–Crippen LogP) is 2.45. The molecule has 1 aromatic heterocycles. The Morgan fingerprint density at radius 3 is 2.94 bits per heavy atom. The highest BCUT2D eigenvalue weighted by Gasteiger charge is 2.14. The summed E-state index contributed by atoms with van der Waals surface area (Å²) in [4.78, 5) is 4.76. The number of hydrogen-bond acceptors (Lipinski definition) is 4. The van der Waals surface area contributed by atoms with Gasteiger partial charge in [-0.3, -0.25) is 0 Å². The van der Waals surface area contributed by atoms with E-state index in [9.17, 15) is 4.39 Å². The van der Waals surface area contributed by atoms with Crippen LogP contribution in [0.5, 0.6) is 5.75 Å². The van der Waals surface area contributed by atoms with E-state index in [1.807, 2.05) is 0 Å². The van der Waals surface area contributed by atoms with Gasteiger partial charge in [0.05, 0.1) is 24.2 Å². The average molecular weight is 239 g/mol. The van der Waals surface area contributed by atoms with Gasteiger partial charge >= 0.3 is 0 Å². The van der Waals surface area contributed by atoms with Crippen molar-refractivity contribution in [2.24, 2.45) is 0 Å². The number of halogens is 1. The second-order valence-electron chi connectivity index (χ2n) is 3.11. The second-order valence-corrected chi connectivity index (χ2v) is 4.22. The first-order valence-electron chi connectivity index (χ1n) is 4.64. The minimum Gasteiger partial charge on any atom is -0.496 e. The third-order valence-corrected chi connectivity index (χ3v) is 3.12. The van der Waals surface area contributed by atoms with Crippen LogP contribution in [0.4, 0.5) is 4.39 Å². The van der Waals surface area contributed by atoms with E-state index < -0.39 is 0 Å². The highest BCUT2D eigenvalue weighted by Crippen LogP contribution is 2.34. The van der Waals surface area contributed by atoms with Crippen LogP contribution in [0, 0.1) is 5.82 Å². The van der Waals surface area contributed by atoms with Gasteiger partial charge in [0.1, 0.15) is 16.6 Å². The molecule has 1 heterocycles. The van der Waals surface area contributed by atoms with Gasteiger partial charge in [0, 0.05) is 6.20 Å².